The van der Waals surface area contributed by atoms with E-state index in [9.17, 15) is 9.59 Å². The summed E-state index contributed by atoms with van der Waals surface area (Å²) >= 11 is 8.60. The molecule has 0 bridgehead atoms. The van der Waals surface area contributed by atoms with Crippen molar-refractivity contribution in [3.05, 3.63) is 70.2 Å². The Morgan fingerprint density at radius 3 is 2.28 bits per heavy atom. The Morgan fingerprint density at radius 2 is 1.62 bits per heavy atom. The molecule has 29 heavy (non-hydrogen) atoms. The lowest BCUT2D eigenvalue weighted by Gasteiger charge is -2.05. The van der Waals surface area contributed by atoms with Gasteiger partial charge in [-0.2, -0.15) is 0 Å². The van der Waals surface area contributed by atoms with Gasteiger partial charge in [-0.25, -0.2) is 4.98 Å². The lowest BCUT2D eigenvalue weighted by molar-refractivity contribution is -0.116. The predicted octanol–water partition coefficient (Wildman–Crippen LogP) is 5.27. The van der Waals surface area contributed by atoms with Crippen LogP contribution in [-0.4, -0.2) is 22.6 Å². The normalized spacial score (nSPS) is 10.6. The van der Waals surface area contributed by atoms with Crippen LogP contribution in [0.2, 0.25) is 5.02 Å². The van der Waals surface area contributed by atoms with E-state index in [0.717, 1.165) is 16.4 Å². The zero-order chi connectivity index (χ0) is 20.6. The second-order valence-electron chi connectivity index (χ2n) is 6.22. The summed E-state index contributed by atoms with van der Waals surface area (Å²) in [5, 5.41) is 8.15. The molecule has 0 radical (unpaired) electrons. The molecule has 3 aromatic rings. The minimum Gasteiger partial charge on any atom is -0.326 e. The standard InChI is InChI=1S/C21H20ClN3O2S2/c1-2-14-3-7-16(8-4-14)23-19(26)11-18-12-28-21(25-18)29-13-20(27)24-17-9-5-15(22)6-10-17/h3-10,12H,2,11,13H2,1H3,(H,23,26)(H,24,27). The van der Waals surface area contributed by atoms with Crippen molar-refractivity contribution in [2.24, 2.45) is 0 Å². The highest BCUT2D eigenvalue weighted by Gasteiger charge is 2.10. The van der Waals surface area contributed by atoms with Gasteiger partial charge in [-0.05, 0) is 48.4 Å². The molecule has 0 aliphatic heterocycles. The molecule has 5 nitrogen and oxygen atoms in total. The highest BCUT2D eigenvalue weighted by molar-refractivity contribution is 8.01. The van der Waals surface area contributed by atoms with Crippen molar-refractivity contribution >= 4 is 57.9 Å². The van der Waals surface area contributed by atoms with Crippen LogP contribution in [0.4, 0.5) is 11.4 Å². The number of hydrogen-bond acceptors (Lipinski definition) is 5. The average molecular weight is 446 g/mol. The number of aryl methyl sites for hydroxylation is 1. The molecule has 0 spiro atoms. The van der Waals surface area contributed by atoms with Crippen LogP contribution in [0.25, 0.3) is 0 Å². The number of amides is 2. The number of thiazole rings is 1. The summed E-state index contributed by atoms with van der Waals surface area (Å²) in [6.45, 7) is 2.09. The first kappa shape index (κ1) is 21.4. The fourth-order valence-corrected chi connectivity index (χ4v) is 4.26. The van der Waals surface area contributed by atoms with Crippen LogP contribution >= 0.6 is 34.7 Å². The molecule has 0 aliphatic rings. The first-order valence-corrected chi connectivity index (χ1v) is 11.3. The summed E-state index contributed by atoms with van der Waals surface area (Å²) < 4.78 is 0.756. The number of nitrogens with one attached hydrogen (secondary N) is 2. The Labute approximate surface area is 182 Å². The van der Waals surface area contributed by atoms with Gasteiger partial charge >= 0.3 is 0 Å². The molecule has 2 N–H and O–H groups in total. The molecule has 0 unspecified atom stereocenters. The first-order valence-electron chi connectivity index (χ1n) is 9.03. The van der Waals surface area contributed by atoms with Gasteiger partial charge in [-0.1, -0.05) is 42.4 Å². The predicted molar refractivity (Wildman–Crippen MR) is 121 cm³/mol. The molecule has 3 rings (SSSR count). The van der Waals surface area contributed by atoms with E-state index in [-0.39, 0.29) is 24.0 Å². The largest absolute Gasteiger partial charge is 0.326 e. The van der Waals surface area contributed by atoms with Crippen LogP contribution in [-0.2, 0) is 22.4 Å². The lowest BCUT2D eigenvalue weighted by Crippen LogP contribution is -2.14. The number of carbonyl (C=O) groups excluding carboxylic acids is 2. The number of thioether (sulfide) groups is 1. The summed E-state index contributed by atoms with van der Waals surface area (Å²) in [4.78, 5) is 28.7. The van der Waals surface area contributed by atoms with E-state index in [0.29, 0.717) is 16.4 Å². The molecule has 0 aliphatic carbocycles. The average Bonchev–Trinajstić information content (AvgIpc) is 3.16. The van der Waals surface area contributed by atoms with E-state index in [4.69, 9.17) is 11.6 Å². The first-order chi connectivity index (χ1) is 14.0. The van der Waals surface area contributed by atoms with E-state index >= 15 is 0 Å². The Balaban J connectivity index is 1.45. The number of halogens is 1. The number of rotatable bonds is 8. The third-order valence-electron chi connectivity index (χ3n) is 3.97. The molecule has 0 saturated carbocycles. The van der Waals surface area contributed by atoms with Crippen LogP contribution < -0.4 is 10.6 Å². The van der Waals surface area contributed by atoms with Gasteiger partial charge < -0.3 is 10.6 Å². The summed E-state index contributed by atoms with van der Waals surface area (Å²) in [5.41, 5.74) is 3.39. The topological polar surface area (TPSA) is 71.1 Å². The van der Waals surface area contributed by atoms with E-state index in [1.807, 2.05) is 29.6 Å². The zero-order valence-electron chi connectivity index (χ0n) is 15.8. The van der Waals surface area contributed by atoms with Gasteiger partial charge in [0.15, 0.2) is 4.34 Å². The molecule has 2 amide bonds. The zero-order valence-corrected chi connectivity index (χ0v) is 18.2. The van der Waals surface area contributed by atoms with Crippen molar-refractivity contribution in [1.82, 2.24) is 4.98 Å². The number of anilines is 2. The number of carbonyl (C=O) groups is 2. The van der Waals surface area contributed by atoms with Crippen LogP contribution in [0.1, 0.15) is 18.2 Å². The maximum absolute atomic E-state index is 12.2. The molecule has 1 aromatic heterocycles. The summed E-state index contributed by atoms with van der Waals surface area (Å²) in [6, 6.07) is 14.8. The van der Waals surface area contributed by atoms with E-state index in [1.165, 1.54) is 28.7 Å². The quantitative estimate of drug-likeness (QED) is 0.463. The third kappa shape index (κ3) is 6.88. The van der Waals surface area contributed by atoms with Gasteiger partial charge in [0.1, 0.15) is 0 Å². The number of hydrogen-bond donors (Lipinski definition) is 2. The smallest absolute Gasteiger partial charge is 0.234 e. The highest BCUT2D eigenvalue weighted by Crippen LogP contribution is 2.23. The fraction of sp³-hybridized carbons (Fsp3) is 0.190. The van der Waals surface area contributed by atoms with E-state index in [2.05, 4.69) is 22.5 Å². The Morgan fingerprint density at radius 1 is 1.00 bits per heavy atom. The van der Waals surface area contributed by atoms with Gasteiger partial charge in [0.05, 0.1) is 17.9 Å². The number of aromatic nitrogens is 1. The molecule has 0 saturated heterocycles. The van der Waals surface area contributed by atoms with Gasteiger partial charge in [0, 0.05) is 21.8 Å². The summed E-state index contributed by atoms with van der Waals surface area (Å²) in [6.07, 6.45) is 1.16. The maximum Gasteiger partial charge on any atom is 0.234 e. The fourth-order valence-electron chi connectivity index (χ4n) is 2.49. The monoisotopic (exact) mass is 445 g/mol. The van der Waals surface area contributed by atoms with E-state index < -0.39 is 0 Å². The van der Waals surface area contributed by atoms with Crippen LogP contribution in [0.15, 0.2) is 58.3 Å². The molecular formula is C21H20ClN3O2S2. The van der Waals surface area contributed by atoms with Crippen LogP contribution in [0.5, 0.6) is 0 Å². The molecule has 0 atom stereocenters. The van der Waals surface area contributed by atoms with Crippen molar-refractivity contribution in [2.45, 2.75) is 24.1 Å². The number of nitrogens with zero attached hydrogens (tertiary/aromatic N) is 1. The molecular weight excluding hydrogens is 426 g/mol. The Hall–Kier alpha value is -2.35. The lowest BCUT2D eigenvalue weighted by atomic mass is 10.1. The van der Waals surface area contributed by atoms with Crippen LogP contribution in [0.3, 0.4) is 0 Å². The van der Waals surface area contributed by atoms with Crippen molar-refractivity contribution < 1.29 is 9.59 Å². The second-order valence-corrected chi connectivity index (χ2v) is 8.74. The molecule has 1 heterocycles. The Kier molecular flexibility index (Phi) is 7.69. The second kappa shape index (κ2) is 10.4. The van der Waals surface area contributed by atoms with Gasteiger partial charge in [0.2, 0.25) is 11.8 Å². The van der Waals surface area contributed by atoms with Gasteiger partial charge in [-0.15, -0.1) is 11.3 Å². The van der Waals surface area contributed by atoms with Crippen LogP contribution in [0, 0.1) is 0 Å². The minimum atomic E-state index is -0.123. The van der Waals surface area contributed by atoms with Gasteiger partial charge in [0.25, 0.3) is 0 Å². The van der Waals surface area contributed by atoms with Gasteiger partial charge in [-0.3, -0.25) is 9.59 Å². The number of benzene rings is 2. The SMILES string of the molecule is CCc1ccc(NC(=O)Cc2csc(SCC(=O)Nc3ccc(Cl)cc3)n2)cc1. The van der Waals surface area contributed by atoms with E-state index in [1.54, 1.807) is 24.3 Å². The molecule has 2 aromatic carbocycles. The summed E-state index contributed by atoms with van der Waals surface area (Å²) in [5.74, 6) is 0.00451. The minimum absolute atomic E-state index is 0.114. The van der Waals surface area contributed by atoms with Crippen molar-refractivity contribution in [1.29, 1.82) is 0 Å². The highest BCUT2D eigenvalue weighted by atomic mass is 35.5. The Bertz CT molecular complexity index is 972. The maximum atomic E-state index is 12.2. The molecule has 0 fully saturated rings. The summed E-state index contributed by atoms with van der Waals surface area (Å²) in [7, 11) is 0. The van der Waals surface area contributed by atoms with Crippen molar-refractivity contribution in [3.63, 3.8) is 0 Å². The van der Waals surface area contributed by atoms with Crippen molar-refractivity contribution in [2.75, 3.05) is 16.4 Å². The molecule has 150 valence electrons. The van der Waals surface area contributed by atoms with Crippen molar-refractivity contribution in [3.8, 4) is 0 Å². The third-order valence-corrected chi connectivity index (χ3v) is 6.29. The molecule has 8 heteroatoms.